The molecule has 1 aromatic heterocycles. The molecule has 0 aliphatic carbocycles. The van der Waals surface area contributed by atoms with Gasteiger partial charge in [-0.25, -0.2) is 4.68 Å². The summed E-state index contributed by atoms with van der Waals surface area (Å²) in [4.78, 5) is 18.4. The largest absolute Gasteiger partial charge is 0.496 e. The molecule has 0 fully saturated rings. The van der Waals surface area contributed by atoms with Crippen LogP contribution in [0.4, 0.5) is 11.6 Å². The monoisotopic (exact) mass is 497 g/mol. The van der Waals surface area contributed by atoms with Gasteiger partial charge in [0, 0.05) is 22.5 Å². The van der Waals surface area contributed by atoms with Gasteiger partial charge in [-0.1, -0.05) is 36.4 Å². The lowest BCUT2D eigenvalue weighted by Crippen LogP contribution is -2.31. The van der Waals surface area contributed by atoms with E-state index in [0.717, 1.165) is 11.1 Å². The maximum Gasteiger partial charge on any atom is 0.255 e. The Labute approximate surface area is 214 Å². The molecule has 0 radical (unpaired) electrons. The third-order valence-electron chi connectivity index (χ3n) is 6.20. The topological polar surface area (TPSA) is 99.5 Å². The lowest BCUT2D eigenvalue weighted by molar-refractivity contribution is -0.113. The van der Waals surface area contributed by atoms with Crippen LogP contribution in [-0.2, 0) is 4.79 Å². The average Bonchev–Trinajstić information content (AvgIpc) is 3.36. The number of para-hydroxylation sites is 2. The number of nitrogens with zero attached hydrogens (tertiary/aromatic N) is 3. The molecule has 0 bridgehead atoms. The molecule has 9 nitrogen and oxygen atoms in total. The molecule has 0 saturated carbocycles. The number of hydrogen-bond acceptors (Lipinski definition) is 7. The van der Waals surface area contributed by atoms with Gasteiger partial charge in [-0.2, -0.15) is 4.98 Å². The number of nitrogens with one attached hydrogen (secondary N) is 2. The molecule has 4 aromatic rings. The van der Waals surface area contributed by atoms with E-state index in [1.54, 1.807) is 26.0 Å². The highest BCUT2D eigenvalue weighted by Gasteiger charge is 2.36. The second-order valence-electron chi connectivity index (χ2n) is 8.40. The third kappa shape index (κ3) is 4.47. The van der Waals surface area contributed by atoms with Crippen molar-refractivity contribution in [1.82, 2.24) is 14.8 Å². The quantitative estimate of drug-likeness (QED) is 0.375. The van der Waals surface area contributed by atoms with E-state index in [1.165, 1.54) is 0 Å². The number of ether oxygens (including phenoxy) is 3. The first-order chi connectivity index (χ1) is 18.0. The molecule has 0 saturated heterocycles. The zero-order chi connectivity index (χ0) is 25.9. The van der Waals surface area contributed by atoms with E-state index in [-0.39, 0.29) is 5.91 Å². The van der Waals surface area contributed by atoms with Crippen LogP contribution in [0.5, 0.6) is 17.2 Å². The molecule has 5 rings (SSSR count). The number of allylic oxidation sites excluding steroid dienone is 1. The highest BCUT2D eigenvalue weighted by atomic mass is 16.5. The molecule has 3 aromatic carbocycles. The van der Waals surface area contributed by atoms with Crippen molar-refractivity contribution < 1.29 is 19.0 Å². The minimum Gasteiger partial charge on any atom is -0.496 e. The zero-order valence-corrected chi connectivity index (χ0v) is 21.0. The Morgan fingerprint density at radius 3 is 2.32 bits per heavy atom. The van der Waals surface area contributed by atoms with E-state index in [4.69, 9.17) is 24.3 Å². The minimum atomic E-state index is -0.586. The van der Waals surface area contributed by atoms with Crippen molar-refractivity contribution in [2.75, 3.05) is 32.0 Å². The fraction of sp³-hybridized carbons (Fsp3) is 0.179. The minimum absolute atomic E-state index is 0.249. The molecule has 0 spiro atoms. The molecule has 188 valence electrons. The number of amides is 1. The van der Waals surface area contributed by atoms with E-state index in [2.05, 4.69) is 10.6 Å². The van der Waals surface area contributed by atoms with E-state index >= 15 is 0 Å². The maximum absolute atomic E-state index is 13.7. The number of fused-ring (bicyclic) bond motifs is 1. The number of rotatable bonds is 7. The highest BCUT2D eigenvalue weighted by Crippen LogP contribution is 2.40. The van der Waals surface area contributed by atoms with Crippen LogP contribution in [0, 0.1) is 0 Å². The summed E-state index contributed by atoms with van der Waals surface area (Å²) in [6, 6.07) is 21.8. The van der Waals surface area contributed by atoms with Gasteiger partial charge >= 0.3 is 0 Å². The molecule has 1 unspecified atom stereocenters. The molecule has 1 aliphatic heterocycles. The highest BCUT2D eigenvalue weighted by molar-refractivity contribution is 6.06. The van der Waals surface area contributed by atoms with Crippen LogP contribution in [0.2, 0.25) is 0 Å². The van der Waals surface area contributed by atoms with Crippen molar-refractivity contribution in [3.63, 3.8) is 0 Å². The van der Waals surface area contributed by atoms with Crippen molar-refractivity contribution in [2.45, 2.75) is 13.0 Å². The van der Waals surface area contributed by atoms with Crippen LogP contribution in [-0.4, -0.2) is 42.0 Å². The number of carbonyl (C=O) groups is 1. The smallest absolute Gasteiger partial charge is 0.255 e. The van der Waals surface area contributed by atoms with Gasteiger partial charge in [0.25, 0.3) is 5.91 Å². The number of benzene rings is 3. The summed E-state index contributed by atoms with van der Waals surface area (Å²) in [6.07, 6.45) is 0. The Kier molecular flexibility index (Phi) is 6.51. The van der Waals surface area contributed by atoms with Gasteiger partial charge < -0.3 is 24.8 Å². The SMILES string of the molecule is COc1ccc(-c2nc3n(n2)C(c2ccccc2OC)C(C(=O)Nc2ccccc2)=C(C)N3)cc1OC. The van der Waals surface area contributed by atoms with Crippen LogP contribution in [0.3, 0.4) is 0 Å². The third-order valence-corrected chi connectivity index (χ3v) is 6.20. The van der Waals surface area contributed by atoms with E-state index in [0.29, 0.717) is 46.0 Å². The molecule has 2 N–H and O–H groups in total. The number of hydrogen-bond donors (Lipinski definition) is 2. The number of aromatic nitrogens is 3. The van der Waals surface area contributed by atoms with Crippen LogP contribution in [0.1, 0.15) is 18.5 Å². The molecular weight excluding hydrogens is 470 g/mol. The molecule has 1 amide bonds. The zero-order valence-electron chi connectivity index (χ0n) is 21.0. The van der Waals surface area contributed by atoms with Crippen molar-refractivity contribution in [3.8, 4) is 28.6 Å². The van der Waals surface area contributed by atoms with Gasteiger partial charge in [-0.15, -0.1) is 5.10 Å². The van der Waals surface area contributed by atoms with Gasteiger partial charge in [0.2, 0.25) is 5.95 Å². The summed E-state index contributed by atoms with van der Waals surface area (Å²) in [6.45, 7) is 1.86. The van der Waals surface area contributed by atoms with Crippen LogP contribution < -0.4 is 24.8 Å². The maximum atomic E-state index is 13.7. The Bertz CT molecular complexity index is 1480. The van der Waals surface area contributed by atoms with Gasteiger partial charge in [0.05, 0.1) is 26.9 Å². The van der Waals surface area contributed by atoms with Crippen molar-refractivity contribution in [2.24, 2.45) is 0 Å². The normalized spacial score (nSPS) is 14.4. The summed E-state index contributed by atoms with van der Waals surface area (Å²) in [7, 11) is 4.78. The first kappa shape index (κ1) is 23.9. The van der Waals surface area contributed by atoms with Crippen molar-refractivity contribution in [3.05, 3.63) is 89.6 Å². The average molecular weight is 498 g/mol. The predicted octanol–water partition coefficient (Wildman–Crippen LogP) is 4.90. The van der Waals surface area contributed by atoms with Crippen molar-refractivity contribution in [1.29, 1.82) is 0 Å². The Morgan fingerprint density at radius 2 is 1.59 bits per heavy atom. The van der Waals surface area contributed by atoms with Gasteiger partial charge in [0.1, 0.15) is 11.8 Å². The fourth-order valence-electron chi connectivity index (χ4n) is 4.44. The molecular formula is C28H27N5O4. The molecule has 2 heterocycles. The molecule has 9 heteroatoms. The van der Waals surface area contributed by atoms with Crippen LogP contribution in [0.15, 0.2) is 84.1 Å². The summed E-state index contributed by atoms with van der Waals surface area (Å²) >= 11 is 0. The first-order valence-electron chi connectivity index (χ1n) is 11.7. The van der Waals surface area contributed by atoms with Crippen molar-refractivity contribution >= 4 is 17.5 Å². The van der Waals surface area contributed by atoms with Gasteiger partial charge in [0.15, 0.2) is 17.3 Å². The predicted molar refractivity (Wildman–Crippen MR) is 141 cm³/mol. The fourth-order valence-corrected chi connectivity index (χ4v) is 4.44. The summed E-state index contributed by atoms with van der Waals surface area (Å²) in [5, 5.41) is 11.1. The standard InChI is InChI=1S/C28H27N5O4/c1-17-24(27(34)30-19-10-6-5-7-11-19)25(20-12-8-9-13-21(20)35-2)33-28(29-17)31-26(32-33)18-14-15-22(36-3)23(16-18)37-4/h5-16,25H,1-4H3,(H,30,34)(H,29,31,32). The number of methoxy groups -OCH3 is 3. The van der Waals surface area contributed by atoms with Crippen LogP contribution in [0.25, 0.3) is 11.4 Å². The molecule has 1 atom stereocenters. The molecule has 37 heavy (non-hydrogen) atoms. The lowest BCUT2D eigenvalue weighted by atomic mass is 9.94. The van der Waals surface area contributed by atoms with Crippen LogP contribution >= 0.6 is 0 Å². The first-order valence-corrected chi connectivity index (χ1v) is 11.7. The lowest BCUT2D eigenvalue weighted by Gasteiger charge is -2.29. The Morgan fingerprint density at radius 1 is 0.892 bits per heavy atom. The van der Waals surface area contributed by atoms with E-state index < -0.39 is 6.04 Å². The van der Waals surface area contributed by atoms with E-state index in [1.807, 2.05) is 79.7 Å². The van der Waals surface area contributed by atoms with E-state index in [9.17, 15) is 4.79 Å². The molecule has 1 aliphatic rings. The summed E-state index contributed by atoms with van der Waals surface area (Å²) in [5.74, 6) is 2.55. The Hall–Kier alpha value is -4.79. The summed E-state index contributed by atoms with van der Waals surface area (Å²) in [5.41, 5.74) is 3.40. The number of anilines is 2. The van der Waals surface area contributed by atoms with Gasteiger partial charge in [-0.3, -0.25) is 4.79 Å². The number of carbonyl (C=O) groups excluding carboxylic acids is 1. The second kappa shape index (κ2) is 10.1. The second-order valence-corrected chi connectivity index (χ2v) is 8.40. The Balaban J connectivity index is 1.63. The summed E-state index contributed by atoms with van der Waals surface area (Å²) < 4.78 is 18.2. The van der Waals surface area contributed by atoms with Gasteiger partial charge in [-0.05, 0) is 43.3 Å².